The maximum atomic E-state index is 13.5. The van der Waals surface area contributed by atoms with Gasteiger partial charge in [-0.25, -0.2) is 4.79 Å². The third kappa shape index (κ3) is 21.1. The van der Waals surface area contributed by atoms with Gasteiger partial charge in [0, 0.05) is 25.2 Å². The minimum Gasteiger partial charge on any atom is -0.444 e. The molecule has 9 atom stereocenters. The number of aryl methyl sites for hydroxylation is 2. The van der Waals surface area contributed by atoms with Gasteiger partial charge < -0.3 is 71.8 Å². The van der Waals surface area contributed by atoms with Crippen molar-refractivity contribution < 1.29 is 70.2 Å². The highest BCUT2D eigenvalue weighted by Gasteiger charge is 2.34. The van der Waals surface area contributed by atoms with E-state index in [1.165, 1.54) is 10.5 Å². The monoisotopic (exact) mass is 957 g/mol. The molecule has 0 fully saturated rings. The molecule has 0 aliphatic heterocycles. The summed E-state index contributed by atoms with van der Waals surface area (Å²) in [5.41, 5.74) is 4.39. The molecule has 68 heavy (non-hydrogen) atoms. The number of hydrogen-bond acceptors (Lipinski definition) is 16. The summed E-state index contributed by atoms with van der Waals surface area (Å²) in [4.78, 5) is 39.9. The molecule has 3 aromatic rings. The van der Waals surface area contributed by atoms with Gasteiger partial charge in [0.15, 0.2) is 5.78 Å². The van der Waals surface area contributed by atoms with Crippen LogP contribution in [0.3, 0.4) is 0 Å². The van der Waals surface area contributed by atoms with E-state index >= 15 is 0 Å². The average molecular weight is 957 g/mol. The number of benzene rings is 3. The third-order valence-electron chi connectivity index (χ3n) is 11.4. The molecule has 13 N–H and O–H groups in total. The Labute approximate surface area is 399 Å². The summed E-state index contributed by atoms with van der Waals surface area (Å²) in [6.07, 6.45) is -10.6. The molecule has 18 heteroatoms. The SMILES string of the molecule is CC(C)(C)OC(=O)NC(CCCCN(C[C@H](O)[C@@H](O)[C@H](O)[C@H](O)CO)C[C@H](O)[C@@H](O)[C@H](O)[C@H](O)CO)C(=O)NCCCc1ccc(-c2ccc(CCCCNCC(=O)c3ccccc3)cc2)cc1. The summed E-state index contributed by atoms with van der Waals surface area (Å²) in [5.74, 6) is -0.353. The van der Waals surface area contributed by atoms with Crippen LogP contribution in [0.5, 0.6) is 0 Å². The number of ketones is 1. The van der Waals surface area contributed by atoms with Crippen LogP contribution >= 0.6 is 0 Å². The maximum Gasteiger partial charge on any atom is 0.408 e. The van der Waals surface area contributed by atoms with E-state index in [1.807, 2.05) is 30.3 Å². The van der Waals surface area contributed by atoms with Crippen molar-refractivity contribution in [3.8, 4) is 11.1 Å². The van der Waals surface area contributed by atoms with Crippen molar-refractivity contribution in [2.24, 2.45) is 0 Å². The molecule has 0 radical (unpaired) electrons. The van der Waals surface area contributed by atoms with Crippen molar-refractivity contribution in [1.82, 2.24) is 20.9 Å². The van der Waals surface area contributed by atoms with Gasteiger partial charge in [-0.05, 0) is 107 Å². The molecule has 0 saturated heterocycles. The second kappa shape index (κ2) is 30.3. The normalized spacial score (nSPS) is 15.9. The molecule has 0 aliphatic carbocycles. The second-order valence-electron chi connectivity index (χ2n) is 18.3. The first-order chi connectivity index (χ1) is 32.3. The summed E-state index contributed by atoms with van der Waals surface area (Å²) in [5, 5.41) is 109. The summed E-state index contributed by atoms with van der Waals surface area (Å²) >= 11 is 0. The van der Waals surface area contributed by atoms with Gasteiger partial charge in [0.05, 0.1) is 32.0 Å². The number of carbonyl (C=O) groups excluding carboxylic acids is 3. The Morgan fingerprint density at radius 2 is 1.10 bits per heavy atom. The topological polar surface area (TPSA) is 302 Å². The van der Waals surface area contributed by atoms with Crippen LogP contribution in [-0.2, 0) is 22.4 Å². The Balaban J connectivity index is 1.51. The minimum atomic E-state index is -1.93. The first kappa shape index (κ1) is 57.9. The first-order valence-corrected chi connectivity index (χ1v) is 23.5. The van der Waals surface area contributed by atoms with E-state index in [0.717, 1.165) is 42.5 Å². The van der Waals surface area contributed by atoms with E-state index in [9.17, 15) is 55.2 Å². The molecule has 0 bridgehead atoms. The first-order valence-electron chi connectivity index (χ1n) is 23.5. The molecule has 3 rings (SSSR count). The molecule has 2 amide bonds. The molecule has 18 nitrogen and oxygen atoms in total. The highest BCUT2D eigenvalue weighted by molar-refractivity contribution is 5.97. The van der Waals surface area contributed by atoms with Crippen LogP contribution < -0.4 is 16.0 Å². The fourth-order valence-electron chi connectivity index (χ4n) is 7.39. The Kier molecular flexibility index (Phi) is 25.8. The van der Waals surface area contributed by atoms with Gasteiger partial charge in [-0.15, -0.1) is 0 Å². The quantitative estimate of drug-likeness (QED) is 0.0298. The summed E-state index contributed by atoms with van der Waals surface area (Å²) in [6, 6.07) is 25.0. The van der Waals surface area contributed by atoms with Crippen molar-refractivity contribution in [2.75, 3.05) is 52.5 Å². The smallest absolute Gasteiger partial charge is 0.408 e. The standard InChI is InChI=1S/C50H76N4O14/c1-50(2,3)68-49(67)53-38(16-8-10-27-54(29-40(58)44(62)46(64)42(60)31-55)30-41(59)45(63)47(65)43(61)32-56)48(66)52-26-11-13-34-19-23-36(24-20-34)35-21-17-33(18-22-35)12-7-9-25-51-28-39(57)37-14-5-4-6-15-37/h4-6,14-15,17-24,38,40-47,51,55-56,58-65H,7-13,16,25-32H2,1-3H3,(H,52,66)(H,53,67)/t38?,40-,41-,42+,43+,44+,45+,46+,47+/m0/s1. The van der Waals surface area contributed by atoms with Crippen molar-refractivity contribution in [1.29, 1.82) is 0 Å². The molecule has 0 aliphatic rings. The lowest BCUT2D eigenvalue weighted by Gasteiger charge is -2.33. The number of nitrogens with zero attached hydrogens (tertiary/aromatic N) is 1. The number of unbranched alkanes of at least 4 members (excludes halogenated alkanes) is 2. The van der Waals surface area contributed by atoms with Crippen molar-refractivity contribution in [3.05, 3.63) is 95.6 Å². The number of nitrogens with one attached hydrogen (secondary N) is 3. The second-order valence-corrected chi connectivity index (χ2v) is 18.3. The average Bonchev–Trinajstić information content (AvgIpc) is 3.33. The van der Waals surface area contributed by atoms with Gasteiger partial charge >= 0.3 is 6.09 Å². The maximum absolute atomic E-state index is 13.5. The molecule has 0 aromatic heterocycles. The fraction of sp³-hybridized carbons (Fsp3) is 0.580. The number of amides is 2. The molecule has 0 spiro atoms. The zero-order chi connectivity index (χ0) is 50.2. The van der Waals surface area contributed by atoms with Crippen LogP contribution in [0, 0.1) is 0 Å². The zero-order valence-corrected chi connectivity index (χ0v) is 39.6. The van der Waals surface area contributed by atoms with Crippen molar-refractivity contribution >= 4 is 17.8 Å². The number of aliphatic hydroxyl groups is 10. The molecule has 3 aromatic carbocycles. The molecule has 0 saturated carbocycles. The summed E-state index contributed by atoms with van der Waals surface area (Å²) in [7, 11) is 0. The van der Waals surface area contributed by atoms with Crippen LogP contribution in [0.25, 0.3) is 11.1 Å². The summed E-state index contributed by atoms with van der Waals surface area (Å²) in [6.45, 7) is 3.87. The molecular formula is C50H76N4O14. The molecule has 1 unspecified atom stereocenters. The van der Waals surface area contributed by atoms with Crippen molar-refractivity contribution in [3.63, 3.8) is 0 Å². The number of carbonyl (C=O) groups is 3. The Morgan fingerprint density at radius 3 is 1.60 bits per heavy atom. The number of alkyl carbamates (subject to hydrolysis) is 1. The van der Waals surface area contributed by atoms with Gasteiger partial charge in [0.2, 0.25) is 5.91 Å². The summed E-state index contributed by atoms with van der Waals surface area (Å²) < 4.78 is 5.40. The Hall–Kier alpha value is -4.41. The number of ether oxygens (including phenoxy) is 1. The number of aliphatic hydroxyl groups excluding tert-OH is 10. The van der Waals surface area contributed by atoms with E-state index in [1.54, 1.807) is 20.8 Å². The van der Waals surface area contributed by atoms with E-state index < -0.39 is 98.8 Å². The highest BCUT2D eigenvalue weighted by atomic mass is 16.6. The fourth-order valence-corrected chi connectivity index (χ4v) is 7.39. The zero-order valence-electron chi connectivity index (χ0n) is 39.6. The van der Waals surface area contributed by atoms with Crippen LogP contribution in [0.1, 0.15) is 80.8 Å². The number of rotatable bonds is 32. The van der Waals surface area contributed by atoms with E-state index in [-0.39, 0.29) is 25.2 Å². The predicted molar refractivity (Wildman–Crippen MR) is 255 cm³/mol. The van der Waals surface area contributed by atoms with Crippen LogP contribution in [0.4, 0.5) is 4.79 Å². The van der Waals surface area contributed by atoms with Gasteiger partial charge in [0.1, 0.15) is 48.3 Å². The molecular weight excluding hydrogens is 881 g/mol. The highest BCUT2D eigenvalue weighted by Crippen LogP contribution is 2.22. The van der Waals surface area contributed by atoms with E-state index in [2.05, 4.69) is 64.5 Å². The van der Waals surface area contributed by atoms with Crippen LogP contribution in [-0.4, -0.2) is 187 Å². The lowest BCUT2D eigenvalue weighted by Crippen LogP contribution is -2.53. The number of Topliss-reactive ketones (excluding diaryl/α,β-unsaturated/α-hetero) is 1. The van der Waals surface area contributed by atoms with Gasteiger partial charge in [0.25, 0.3) is 0 Å². The molecule has 380 valence electrons. The van der Waals surface area contributed by atoms with Crippen LogP contribution in [0.15, 0.2) is 78.9 Å². The van der Waals surface area contributed by atoms with Gasteiger partial charge in [-0.2, -0.15) is 0 Å². The van der Waals surface area contributed by atoms with Gasteiger partial charge in [-0.3, -0.25) is 14.5 Å². The Morgan fingerprint density at radius 1 is 0.603 bits per heavy atom. The van der Waals surface area contributed by atoms with Gasteiger partial charge in [-0.1, -0.05) is 78.9 Å². The Bertz CT molecular complexity index is 1860. The van der Waals surface area contributed by atoms with E-state index in [0.29, 0.717) is 37.9 Å². The molecule has 0 heterocycles. The number of hydrogen-bond donors (Lipinski definition) is 13. The van der Waals surface area contributed by atoms with E-state index in [4.69, 9.17) is 14.9 Å². The minimum absolute atomic E-state index is 0.0514. The van der Waals surface area contributed by atoms with Crippen LogP contribution in [0.2, 0.25) is 0 Å². The lowest BCUT2D eigenvalue weighted by atomic mass is 9.99. The third-order valence-corrected chi connectivity index (χ3v) is 11.4. The largest absolute Gasteiger partial charge is 0.444 e. The lowest BCUT2D eigenvalue weighted by molar-refractivity contribution is -0.130. The predicted octanol–water partition coefficient (Wildman–Crippen LogP) is 0.435. The van der Waals surface area contributed by atoms with Crippen molar-refractivity contribution in [2.45, 2.75) is 133 Å².